The maximum Gasteiger partial charge on any atom is 0.273 e. The average molecular weight is 599 g/mol. The Kier molecular flexibility index (Phi) is 7.15. The zero-order valence-corrected chi connectivity index (χ0v) is 23.9. The largest absolute Gasteiger partial charge is 0.496 e. The Labute approximate surface area is 246 Å². The van der Waals surface area contributed by atoms with Gasteiger partial charge in [0.2, 0.25) is 0 Å². The van der Waals surface area contributed by atoms with Crippen LogP contribution in [0.3, 0.4) is 0 Å². The highest BCUT2D eigenvalue weighted by atomic mass is 32.1. The molecule has 0 aliphatic carbocycles. The highest BCUT2D eigenvalue weighted by molar-refractivity contribution is 7.10. The van der Waals surface area contributed by atoms with Crippen molar-refractivity contribution in [3.05, 3.63) is 130 Å². The molecule has 0 saturated carbocycles. The number of thiophene rings is 1. The van der Waals surface area contributed by atoms with Crippen molar-refractivity contribution >= 4 is 46.0 Å². The fourth-order valence-electron chi connectivity index (χ4n) is 4.75. The first-order valence-electron chi connectivity index (χ1n) is 12.7. The number of anilines is 1. The van der Waals surface area contributed by atoms with E-state index >= 15 is 0 Å². The monoisotopic (exact) mass is 598 g/mol. The number of carbonyl (C=O) groups excluding carboxylic acids is 1. The summed E-state index contributed by atoms with van der Waals surface area (Å²) in [4.78, 5) is 44.0. The molecule has 2 aromatic carbocycles. The number of furan rings is 1. The summed E-state index contributed by atoms with van der Waals surface area (Å²) in [6.45, 7) is 1.77. The predicted octanol–water partition coefficient (Wildman–Crippen LogP) is 5.11. The molecule has 42 heavy (non-hydrogen) atoms. The molecule has 0 bridgehead atoms. The number of fused-ring (bicyclic) bond motifs is 1. The van der Waals surface area contributed by atoms with Gasteiger partial charge in [0.25, 0.3) is 17.2 Å². The van der Waals surface area contributed by atoms with Crippen molar-refractivity contribution in [3.63, 3.8) is 0 Å². The Balaban J connectivity index is 1.40. The second-order valence-electron chi connectivity index (χ2n) is 9.26. The third kappa shape index (κ3) is 4.97. The van der Waals surface area contributed by atoms with Crippen LogP contribution < -0.4 is 24.9 Å². The van der Waals surface area contributed by atoms with E-state index < -0.39 is 11.0 Å². The molecule has 5 aromatic rings. The fourth-order valence-corrected chi connectivity index (χ4v) is 6.60. The van der Waals surface area contributed by atoms with E-state index in [1.165, 1.54) is 41.9 Å². The van der Waals surface area contributed by atoms with Crippen LogP contribution in [0, 0.1) is 10.1 Å². The molecule has 3 aromatic heterocycles. The second kappa shape index (κ2) is 11.1. The molecule has 12 heteroatoms. The van der Waals surface area contributed by atoms with Gasteiger partial charge >= 0.3 is 0 Å². The van der Waals surface area contributed by atoms with Crippen molar-refractivity contribution < 1.29 is 18.9 Å². The van der Waals surface area contributed by atoms with Crippen molar-refractivity contribution in [1.82, 2.24) is 4.57 Å². The SMILES string of the molecule is COc1cc([N+](=O)[O-])ccc1-c1ccc(/C=c2\sc3n(c2=O)C(c2cccs2)C(C(=O)Nc2ccccc2)=C(C)N=3)o1. The number of nitro groups is 1. The predicted molar refractivity (Wildman–Crippen MR) is 161 cm³/mol. The number of nitrogens with one attached hydrogen (secondary N) is 1. The van der Waals surface area contributed by atoms with Gasteiger partial charge in [-0.2, -0.15) is 0 Å². The number of hydrogen-bond donors (Lipinski definition) is 1. The molecule has 10 nitrogen and oxygen atoms in total. The minimum atomic E-state index is -0.649. The molecule has 210 valence electrons. The summed E-state index contributed by atoms with van der Waals surface area (Å²) in [6.07, 6.45) is 1.62. The van der Waals surface area contributed by atoms with Crippen LogP contribution in [0.2, 0.25) is 0 Å². The molecule has 1 unspecified atom stereocenters. The highest BCUT2D eigenvalue weighted by Gasteiger charge is 2.33. The number of carbonyl (C=O) groups is 1. The molecule has 1 amide bonds. The van der Waals surface area contributed by atoms with Crippen LogP contribution in [0.5, 0.6) is 5.75 Å². The lowest BCUT2D eigenvalue weighted by atomic mass is 10.0. The second-order valence-corrected chi connectivity index (χ2v) is 11.2. The number of methoxy groups -OCH3 is 1. The van der Waals surface area contributed by atoms with Crippen LogP contribution in [0.4, 0.5) is 11.4 Å². The van der Waals surface area contributed by atoms with E-state index in [1.54, 1.807) is 47.9 Å². The lowest BCUT2D eigenvalue weighted by Crippen LogP contribution is -2.40. The van der Waals surface area contributed by atoms with Crippen LogP contribution in [0.25, 0.3) is 17.4 Å². The summed E-state index contributed by atoms with van der Waals surface area (Å²) in [5.41, 5.74) is 1.69. The molecule has 1 aliphatic rings. The molecule has 1 atom stereocenters. The zero-order chi connectivity index (χ0) is 29.4. The van der Waals surface area contributed by atoms with Gasteiger partial charge < -0.3 is 14.5 Å². The summed E-state index contributed by atoms with van der Waals surface area (Å²) in [5, 5.41) is 16.0. The Hall–Kier alpha value is -5.07. The number of rotatable bonds is 7. The first-order chi connectivity index (χ1) is 20.3. The van der Waals surface area contributed by atoms with E-state index in [-0.39, 0.29) is 22.9 Å². The standard InChI is InChI=1S/C30H22N4O6S2/c1-17-26(28(35)32-18-7-4-3-5-8-18)27(24-9-6-14-41-24)33-29(36)25(42-30(33)31-17)16-20-11-13-22(40-20)21-12-10-19(34(37)38)15-23(21)39-2/h3-16,27H,1-2H3,(H,32,35)/b25-16-. The smallest absolute Gasteiger partial charge is 0.273 e. The molecule has 1 N–H and O–H groups in total. The highest BCUT2D eigenvalue weighted by Crippen LogP contribution is 2.35. The third-order valence-corrected chi connectivity index (χ3v) is 8.58. The number of nitrogens with zero attached hydrogens (tertiary/aromatic N) is 3. The maximum atomic E-state index is 13.8. The van der Waals surface area contributed by atoms with Gasteiger partial charge in [0.1, 0.15) is 23.3 Å². The molecule has 4 heterocycles. The van der Waals surface area contributed by atoms with Crippen LogP contribution in [0.1, 0.15) is 23.6 Å². The van der Waals surface area contributed by atoms with Gasteiger partial charge in [0.15, 0.2) is 4.80 Å². The molecular formula is C30H22N4O6S2. The van der Waals surface area contributed by atoms with Crippen LogP contribution in [-0.4, -0.2) is 22.5 Å². The summed E-state index contributed by atoms with van der Waals surface area (Å²) in [7, 11) is 1.42. The van der Waals surface area contributed by atoms with Gasteiger partial charge in [-0.3, -0.25) is 24.3 Å². The number of thiazole rings is 1. The van der Waals surface area contributed by atoms with Gasteiger partial charge in [-0.25, -0.2) is 4.99 Å². The molecular weight excluding hydrogens is 576 g/mol. The van der Waals surface area contributed by atoms with Crippen LogP contribution in [0.15, 0.2) is 104 Å². The number of amides is 1. The number of benzene rings is 2. The Bertz CT molecular complexity index is 2040. The third-order valence-electron chi connectivity index (χ3n) is 6.67. The van der Waals surface area contributed by atoms with Crippen molar-refractivity contribution in [3.8, 4) is 17.1 Å². The molecule has 1 aliphatic heterocycles. The minimum absolute atomic E-state index is 0.101. The summed E-state index contributed by atoms with van der Waals surface area (Å²) in [6, 6.07) is 19.9. The quantitative estimate of drug-likeness (QED) is 0.205. The van der Waals surface area contributed by atoms with Crippen molar-refractivity contribution in [2.24, 2.45) is 4.99 Å². The van der Waals surface area contributed by atoms with Gasteiger partial charge in [-0.1, -0.05) is 35.6 Å². The number of para-hydroxylation sites is 1. The first kappa shape index (κ1) is 27.1. The van der Waals surface area contributed by atoms with Crippen molar-refractivity contribution in [1.29, 1.82) is 0 Å². The van der Waals surface area contributed by atoms with E-state index in [2.05, 4.69) is 10.3 Å². The van der Waals surface area contributed by atoms with Crippen LogP contribution >= 0.6 is 22.7 Å². The van der Waals surface area contributed by atoms with Gasteiger partial charge in [0, 0.05) is 22.7 Å². The molecule has 0 radical (unpaired) electrons. The Morgan fingerprint density at radius 2 is 1.95 bits per heavy atom. The molecule has 0 spiro atoms. The fraction of sp³-hybridized carbons (Fsp3) is 0.100. The van der Waals surface area contributed by atoms with Gasteiger partial charge in [-0.05, 0) is 48.7 Å². The Morgan fingerprint density at radius 1 is 1.14 bits per heavy atom. The molecule has 6 rings (SSSR count). The lowest BCUT2D eigenvalue weighted by molar-refractivity contribution is -0.384. The van der Waals surface area contributed by atoms with Crippen molar-refractivity contribution in [2.45, 2.75) is 13.0 Å². The van der Waals surface area contributed by atoms with Gasteiger partial charge in [-0.15, -0.1) is 11.3 Å². The molecule has 0 saturated heterocycles. The van der Waals surface area contributed by atoms with E-state index in [4.69, 9.17) is 9.15 Å². The summed E-state index contributed by atoms with van der Waals surface area (Å²) >= 11 is 2.66. The van der Waals surface area contributed by atoms with E-state index in [9.17, 15) is 19.7 Å². The maximum absolute atomic E-state index is 13.8. The topological polar surface area (TPSA) is 129 Å². The molecule has 0 fully saturated rings. The van der Waals surface area contributed by atoms with E-state index in [0.717, 1.165) is 4.88 Å². The lowest BCUT2D eigenvalue weighted by Gasteiger charge is -2.24. The van der Waals surface area contributed by atoms with Crippen LogP contribution in [-0.2, 0) is 4.79 Å². The summed E-state index contributed by atoms with van der Waals surface area (Å²) in [5.74, 6) is 0.786. The number of hydrogen-bond acceptors (Lipinski definition) is 9. The normalized spacial score (nSPS) is 14.8. The Morgan fingerprint density at radius 3 is 2.67 bits per heavy atom. The van der Waals surface area contributed by atoms with Gasteiger partial charge in [0.05, 0.1) is 39.5 Å². The minimum Gasteiger partial charge on any atom is -0.496 e. The zero-order valence-electron chi connectivity index (χ0n) is 22.3. The van der Waals surface area contributed by atoms with E-state index in [1.807, 2.05) is 35.7 Å². The number of aromatic nitrogens is 1. The number of nitro benzene ring substituents is 1. The number of ether oxygens (including phenoxy) is 1. The number of non-ortho nitro benzene ring substituents is 1. The first-order valence-corrected chi connectivity index (χ1v) is 14.4. The summed E-state index contributed by atoms with van der Waals surface area (Å²) < 4.78 is 13.3. The van der Waals surface area contributed by atoms with E-state index in [0.29, 0.717) is 43.4 Å². The van der Waals surface area contributed by atoms with Crippen molar-refractivity contribution in [2.75, 3.05) is 12.4 Å². The number of allylic oxidation sites excluding steroid dienone is 1. The average Bonchev–Trinajstić information content (AvgIpc) is 3.74.